The molecule has 2 N–H and O–H groups in total. The van der Waals surface area contributed by atoms with Crippen LogP contribution < -0.4 is 4.74 Å². The molecule has 5 rings (SSSR count). The molecule has 0 spiro atoms. The molecule has 0 aliphatic carbocycles. The van der Waals surface area contributed by atoms with Gasteiger partial charge in [0.25, 0.3) is 0 Å². The van der Waals surface area contributed by atoms with Gasteiger partial charge in [-0.2, -0.15) is 18.3 Å². The van der Waals surface area contributed by atoms with Gasteiger partial charge in [-0.25, -0.2) is 0 Å². The third-order valence-corrected chi connectivity index (χ3v) is 6.97. The van der Waals surface area contributed by atoms with Gasteiger partial charge in [-0.15, -0.1) is 0 Å². The Hall–Kier alpha value is -3.91. The molecular formula is C29H24F3N2O4P. The summed E-state index contributed by atoms with van der Waals surface area (Å²) in [7, 11) is -4.14. The highest BCUT2D eigenvalue weighted by atomic mass is 31.2. The van der Waals surface area contributed by atoms with Gasteiger partial charge in [0, 0.05) is 10.9 Å². The Morgan fingerprint density at radius 1 is 0.795 bits per heavy atom. The second kappa shape index (κ2) is 10.7. The molecule has 0 aliphatic rings. The van der Waals surface area contributed by atoms with Crippen LogP contribution in [0.4, 0.5) is 13.2 Å². The first-order chi connectivity index (χ1) is 18.6. The number of hydrogen-bond acceptors (Lipinski definition) is 3. The smallest absolute Gasteiger partial charge is 0.418 e. The fraction of sp³-hybridized carbons (Fsp3) is 0.138. The van der Waals surface area contributed by atoms with E-state index in [0.29, 0.717) is 34.5 Å². The Labute approximate surface area is 222 Å². The van der Waals surface area contributed by atoms with Crippen molar-refractivity contribution in [1.29, 1.82) is 0 Å². The minimum absolute atomic E-state index is 0.0987. The van der Waals surface area contributed by atoms with Gasteiger partial charge < -0.3 is 14.5 Å². The van der Waals surface area contributed by atoms with Crippen LogP contribution in [0.2, 0.25) is 0 Å². The van der Waals surface area contributed by atoms with Crippen LogP contribution in [0, 0.1) is 0 Å². The van der Waals surface area contributed by atoms with Crippen LogP contribution in [0.3, 0.4) is 0 Å². The summed E-state index contributed by atoms with van der Waals surface area (Å²) in [6, 6.07) is 27.4. The zero-order chi connectivity index (χ0) is 27.6. The molecule has 0 amide bonds. The van der Waals surface area contributed by atoms with E-state index in [1.807, 2.05) is 30.3 Å². The van der Waals surface area contributed by atoms with Gasteiger partial charge in [-0.1, -0.05) is 66.7 Å². The van der Waals surface area contributed by atoms with E-state index in [1.165, 1.54) is 6.07 Å². The number of hydrogen-bond donors (Lipinski definition) is 2. The van der Waals surface area contributed by atoms with Crippen molar-refractivity contribution >= 4 is 18.5 Å². The third-order valence-electron chi connectivity index (χ3n) is 6.20. The zero-order valence-corrected chi connectivity index (χ0v) is 21.4. The van der Waals surface area contributed by atoms with Crippen LogP contribution in [0.15, 0.2) is 97.1 Å². The van der Waals surface area contributed by atoms with Crippen LogP contribution >= 0.6 is 7.60 Å². The summed E-state index contributed by atoms with van der Waals surface area (Å²) >= 11 is 0. The summed E-state index contributed by atoms with van der Waals surface area (Å²) in [6.07, 6.45) is -4.86. The average Bonchev–Trinajstić information content (AvgIpc) is 3.25. The zero-order valence-electron chi connectivity index (χ0n) is 20.5. The van der Waals surface area contributed by atoms with Gasteiger partial charge >= 0.3 is 13.8 Å². The maximum Gasteiger partial charge on any atom is 0.418 e. The number of nitrogens with zero attached hydrogens (tertiary/aromatic N) is 2. The number of aromatic nitrogens is 2. The van der Waals surface area contributed by atoms with Gasteiger partial charge in [0.2, 0.25) is 0 Å². The Kier molecular flexibility index (Phi) is 7.32. The third kappa shape index (κ3) is 6.40. The summed E-state index contributed by atoms with van der Waals surface area (Å²) in [6.45, 7) is 0.539. The van der Waals surface area contributed by atoms with Gasteiger partial charge in [0.1, 0.15) is 17.9 Å². The highest BCUT2D eigenvalue weighted by Crippen LogP contribution is 2.40. The Morgan fingerprint density at radius 2 is 1.46 bits per heavy atom. The molecule has 1 heterocycles. The van der Waals surface area contributed by atoms with E-state index in [4.69, 9.17) is 14.5 Å². The summed E-state index contributed by atoms with van der Waals surface area (Å²) in [4.78, 5) is 18.2. The molecule has 0 unspecified atom stereocenters. The lowest BCUT2D eigenvalue weighted by Crippen LogP contribution is -2.06. The molecule has 6 nitrogen and oxygen atoms in total. The molecule has 39 heavy (non-hydrogen) atoms. The minimum atomic E-state index is -4.53. The Morgan fingerprint density at radius 3 is 2.10 bits per heavy atom. The standard InChI is InChI=1S/C29H24F3N2O4P/c30-29(31,32)26-8-4-7-25-27(26)33-34(17-20-5-2-1-3-6-20)28(25)23-13-15-24(16-14-23)38-18-21-9-11-22(12-10-21)19-39(35,36)37/h1-16H,17-19H2,(H2,35,36,37). The van der Waals surface area contributed by atoms with Crippen LogP contribution in [0.1, 0.15) is 22.3 Å². The molecule has 200 valence electrons. The predicted molar refractivity (Wildman–Crippen MR) is 142 cm³/mol. The van der Waals surface area contributed by atoms with Crippen LogP contribution in [0.5, 0.6) is 5.75 Å². The first kappa shape index (κ1) is 26.7. The van der Waals surface area contributed by atoms with E-state index >= 15 is 0 Å². The minimum Gasteiger partial charge on any atom is -0.489 e. The van der Waals surface area contributed by atoms with E-state index in [2.05, 4.69) is 5.10 Å². The lowest BCUT2D eigenvalue weighted by atomic mass is 10.0. The predicted octanol–water partition coefficient (Wildman–Crippen LogP) is 7.03. The van der Waals surface area contributed by atoms with E-state index in [-0.39, 0.29) is 18.3 Å². The van der Waals surface area contributed by atoms with Crippen molar-refractivity contribution < 1.29 is 32.3 Å². The van der Waals surface area contributed by atoms with Crippen molar-refractivity contribution in [3.63, 3.8) is 0 Å². The van der Waals surface area contributed by atoms with Crippen LogP contribution in [-0.2, 0) is 30.1 Å². The van der Waals surface area contributed by atoms with Crippen molar-refractivity contribution in [1.82, 2.24) is 9.78 Å². The normalized spacial score (nSPS) is 12.1. The van der Waals surface area contributed by atoms with Crippen molar-refractivity contribution in [3.05, 3.63) is 119 Å². The number of ether oxygens (including phenoxy) is 1. The van der Waals surface area contributed by atoms with Crippen molar-refractivity contribution in [2.75, 3.05) is 0 Å². The average molecular weight is 552 g/mol. The molecule has 0 bridgehead atoms. The second-order valence-corrected chi connectivity index (χ2v) is 10.8. The summed E-state index contributed by atoms with van der Waals surface area (Å²) < 4.78 is 59.9. The second-order valence-electron chi connectivity index (χ2n) is 9.14. The molecule has 0 aliphatic heterocycles. The lowest BCUT2D eigenvalue weighted by Gasteiger charge is -2.11. The van der Waals surface area contributed by atoms with Gasteiger partial charge in [0.05, 0.1) is 24.0 Å². The molecule has 10 heteroatoms. The quantitative estimate of drug-likeness (QED) is 0.202. The summed E-state index contributed by atoms with van der Waals surface area (Å²) in [5.74, 6) is 0.562. The molecule has 0 radical (unpaired) electrons. The molecular weight excluding hydrogens is 528 g/mol. The molecule has 0 atom stereocenters. The number of rotatable bonds is 8. The molecule has 0 fully saturated rings. The summed E-state index contributed by atoms with van der Waals surface area (Å²) in [5, 5.41) is 4.80. The molecule has 0 saturated carbocycles. The van der Waals surface area contributed by atoms with Crippen molar-refractivity contribution in [3.8, 4) is 17.0 Å². The van der Waals surface area contributed by atoms with Gasteiger partial charge in [-0.3, -0.25) is 9.25 Å². The first-order valence-electron chi connectivity index (χ1n) is 12.0. The molecule has 4 aromatic carbocycles. The first-order valence-corrected chi connectivity index (χ1v) is 13.8. The Bertz CT molecular complexity index is 1630. The van der Waals surface area contributed by atoms with Gasteiger partial charge in [0.15, 0.2) is 0 Å². The lowest BCUT2D eigenvalue weighted by molar-refractivity contribution is -0.136. The molecule has 1 aromatic heterocycles. The van der Waals surface area contributed by atoms with E-state index in [1.54, 1.807) is 59.3 Å². The van der Waals surface area contributed by atoms with Crippen LogP contribution in [0.25, 0.3) is 22.2 Å². The number of halogens is 3. The van der Waals surface area contributed by atoms with Crippen molar-refractivity contribution in [2.24, 2.45) is 0 Å². The molecule has 5 aromatic rings. The van der Waals surface area contributed by atoms with Crippen LogP contribution in [-0.4, -0.2) is 19.6 Å². The maximum absolute atomic E-state index is 13.8. The maximum atomic E-state index is 13.8. The van der Waals surface area contributed by atoms with E-state index in [9.17, 15) is 17.7 Å². The number of fused-ring (bicyclic) bond motifs is 1. The molecule has 0 saturated heterocycles. The number of benzene rings is 4. The van der Waals surface area contributed by atoms with Gasteiger partial charge in [-0.05, 0) is 47.0 Å². The fourth-order valence-corrected chi connectivity index (χ4v) is 5.10. The Balaban J connectivity index is 1.42. The van der Waals surface area contributed by atoms with E-state index in [0.717, 1.165) is 17.2 Å². The largest absolute Gasteiger partial charge is 0.489 e. The highest BCUT2D eigenvalue weighted by Gasteiger charge is 2.34. The SMILES string of the molecule is O=P(O)(O)Cc1ccc(COc2ccc(-c3c4cccc(C(F)(F)F)c4nn3Cc3ccccc3)cc2)cc1. The topological polar surface area (TPSA) is 84.6 Å². The highest BCUT2D eigenvalue weighted by molar-refractivity contribution is 7.50. The fourth-order valence-electron chi connectivity index (χ4n) is 4.41. The number of alkyl halides is 3. The summed E-state index contributed by atoms with van der Waals surface area (Å²) in [5.41, 5.74) is 2.66. The van der Waals surface area contributed by atoms with E-state index < -0.39 is 19.3 Å². The van der Waals surface area contributed by atoms with Crippen molar-refractivity contribution in [2.45, 2.75) is 25.5 Å². The monoisotopic (exact) mass is 552 g/mol.